The molecule has 2 rings (SSSR count). The zero-order valence-corrected chi connectivity index (χ0v) is 9.74. The van der Waals surface area contributed by atoms with E-state index in [4.69, 9.17) is 0 Å². The third-order valence-electron chi connectivity index (χ3n) is 2.41. The third-order valence-corrected chi connectivity index (χ3v) is 4.06. The number of sulfone groups is 1. The van der Waals surface area contributed by atoms with Gasteiger partial charge in [0.1, 0.15) is 0 Å². The molecule has 2 aromatic rings. The third kappa shape index (κ3) is 1.74. The molecule has 84 valence electrons. The predicted molar refractivity (Wildman–Crippen MR) is 63.0 cm³/mol. The summed E-state index contributed by atoms with van der Waals surface area (Å²) in [4.78, 5) is 0.313. The van der Waals surface area contributed by atoms with E-state index in [9.17, 15) is 8.42 Å². The van der Waals surface area contributed by atoms with Crippen LogP contribution in [-0.2, 0) is 16.9 Å². The largest absolute Gasteiger partial charge is 0.268 e. The number of nitrogens with zero attached hydrogens (tertiary/aromatic N) is 2. The summed E-state index contributed by atoms with van der Waals surface area (Å²) in [5, 5.41) is 4.89. The average Bonchev–Trinajstić information content (AvgIpc) is 2.60. The monoisotopic (exact) mass is 236 g/mol. The Hall–Kier alpha value is -1.62. The Kier molecular flexibility index (Phi) is 2.55. The van der Waals surface area contributed by atoms with Crippen LogP contribution in [0.2, 0.25) is 0 Å². The molecule has 0 saturated heterocycles. The molecule has 5 heteroatoms. The molecule has 0 unspecified atom stereocenters. The SMILES string of the molecule is C=CCS(=O)(=O)c1ccc2c(cnn2C)c1. The van der Waals surface area contributed by atoms with Crippen LogP contribution in [0, 0.1) is 0 Å². The number of benzene rings is 1. The minimum absolute atomic E-state index is 0.0429. The minimum Gasteiger partial charge on any atom is -0.268 e. The van der Waals surface area contributed by atoms with Gasteiger partial charge >= 0.3 is 0 Å². The summed E-state index contributed by atoms with van der Waals surface area (Å²) in [6.45, 7) is 3.44. The normalized spacial score (nSPS) is 11.8. The Labute approximate surface area is 94.1 Å². The number of rotatable bonds is 3. The molecule has 0 bridgehead atoms. The van der Waals surface area contributed by atoms with Gasteiger partial charge in [-0.3, -0.25) is 4.68 Å². The first-order chi connectivity index (χ1) is 7.54. The van der Waals surface area contributed by atoms with E-state index < -0.39 is 9.84 Å². The molecule has 0 atom stereocenters. The van der Waals surface area contributed by atoms with Crippen LogP contribution in [0.1, 0.15) is 0 Å². The van der Waals surface area contributed by atoms with Gasteiger partial charge in [-0.25, -0.2) is 8.42 Å². The van der Waals surface area contributed by atoms with Gasteiger partial charge in [-0.2, -0.15) is 5.10 Å². The lowest BCUT2D eigenvalue weighted by Crippen LogP contribution is -2.04. The Morgan fingerprint density at radius 1 is 1.50 bits per heavy atom. The fourth-order valence-electron chi connectivity index (χ4n) is 1.59. The van der Waals surface area contributed by atoms with Crippen LogP contribution in [0.3, 0.4) is 0 Å². The van der Waals surface area contributed by atoms with Gasteiger partial charge in [0.25, 0.3) is 0 Å². The summed E-state index contributed by atoms with van der Waals surface area (Å²) in [6.07, 6.45) is 3.05. The molecule has 4 nitrogen and oxygen atoms in total. The van der Waals surface area contributed by atoms with Gasteiger partial charge in [0.2, 0.25) is 0 Å². The number of aryl methyl sites for hydroxylation is 1. The highest BCUT2D eigenvalue weighted by atomic mass is 32.2. The molecule has 0 aliphatic heterocycles. The van der Waals surface area contributed by atoms with E-state index >= 15 is 0 Å². The lowest BCUT2D eigenvalue weighted by Gasteiger charge is -2.01. The van der Waals surface area contributed by atoms with Crippen molar-refractivity contribution < 1.29 is 8.42 Å². The predicted octanol–water partition coefficient (Wildman–Crippen LogP) is 1.53. The van der Waals surface area contributed by atoms with E-state index in [0.717, 1.165) is 10.9 Å². The number of hydrogen-bond donors (Lipinski definition) is 0. The zero-order chi connectivity index (χ0) is 11.8. The highest BCUT2D eigenvalue weighted by molar-refractivity contribution is 7.91. The van der Waals surface area contributed by atoms with Crippen LogP contribution in [0.25, 0.3) is 10.9 Å². The van der Waals surface area contributed by atoms with Crippen LogP contribution in [0.15, 0.2) is 41.9 Å². The van der Waals surface area contributed by atoms with Gasteiger partial charge in [0.05, 0.1) is 22.4 Å². The van der Waals surface area contributed by atoms with Crippen LogP contribution >= 0.6 is 0 Å². The smallest absolute Gasteiger partial charge is 0.181 e. The zero-order valence-electron chi connectivity index (χ0n) is 8.92. The second kappa shape index (κ2) is 3.75. The topological polar surface area (TPSA) is 52.0 Å². The standard InChI is InChI=1S/C11H12N2O2S/c1-3-6-16(14,15)10-4-5-11-9(7-10)8-12-13(11)2/h3-5,7-8H,1,6H2,2H3. The molecule has 1 aromatic carbocycles. The van der Waals surface area contributed by atoms with Gasteiger partial charge < -0.3 is 0 Å². The van der Waals surface area contributed by atoms with Crippen LogP contribution in [0.4, 0.5) is 0 Å². The van der Waals surface area contributed by atoms with Crippen LogP contribution in [-0.4, -0.2) is 24.0 Å². The first-order valence-electron chi connectivity index (χ1n) is 4.80. The van der Waals surface area contributed by atoms with Gasteiger partial charge in [-0.1, -0.05) is 6.08 Å². The van der Waals surface area contributed by atoms with E-state index in [1.807, 2.05) is 7.05 Å². The molecule has 0 N–H and O–H groups in total. The molecule has 0 aliphatic carbocycles. The number of fused-ring (bicyclic) bond motifs is 1. The van der Waals surface area contributed by atoms with E-state index in [1.165, 1.54) is 6.08 Å². The van der Waals surface area contributed by atoms with Crippen molar-refractivity contribution in [2.45, 2.75) is 4.90 Å². The summed E-state index contributed by atoms with van der Waals surface area (Å²) in [7, 11) is -1.43. The highest BCUT2D eigenvalue weighted by Crippen LogP contribution is 2.19. The summed E-state index contributed by atoms with van der Waals surface area (Å²) in [5.74, 6) is -0.0429. The number of aromatic nitrogens is 2. The molecule has 1 aromatic heterocycles. The van der Waals surface area contributed by atoms with Crippen molar-refractivity contribution in [3.63, 3.8) is 0 Å². The molecule has 16 heavy (non-hydrogen) atoms. The maximum atomic E-state index is 11.8. The van der Waals surface area contributed by atoms with Crippen molar-refractivity contribution in [2.24, 2.45) is 7.05 Å². The molecular formula is C11H12N2O2S. The molecule has 0 amide bonds. The van der Waals surface area contributed by atoms with Gasteiger partial charge in [-0.05, 0) is 18.2 Å². The fourth-order valence-corrected chi connectivity index (χ4v) is 2.67. The lowest BCUT2D eigenvalue weighted by atomic mass is 10.2. The van der Waals surface area contributed by atoms with Crippen molar-refractivity contribution in [3.8, 4) is 0 Å². The van der Waals surface area contributed by atoms with Crippen LogP contribution < -0.4 is 0 Å². The van der Waals surface area contributed by atoms with Crippen molar-refractivity contribution in [2.75, 3.05) is 5.75 Å². The molecule has 0 spiro atoms. The number of hydrogen-bond acceptors (Lipinski definition) is 3. The highest BCUT2D eigenvalue weighted by Gasteiger charge is 2.13. The fraction of sp³-hybridized carbons (Fsp3) is 0.182. The molecule has 0 radical (unpaired) electrons. The Morgan fingerprint density at radius 3 is 2.94 bits per heavy atom. The summed E-state index contributed by atoms with van der Waals surface area (Å²) >= 11 is 0. The van der Waals surface area contributed by atoms with E-state index in [0.29, 0.717) is 4.90 Å². The Balaban J connectivity index is 2.59. The van der Waals surface area contributed by atoms with Gasteiger partial charge in [0, 0.05) is 12.4 Å². The molecule has 0 saturated carbocycles. The maximum Gasteiger partial charge on any atom is 0.181 e. The minimum atomic E-state index is -3.25. The summed E-state index contributed by atoms with van der Waals surface area (Å²) in [6, 6.07) is 5.00. The first-order valence-corrected chi connectivity index (χ1v) is 6.45. The molecular weight excluding hydrogens is 224 g/mol. The second-order valence-corrected chi connectivity index (χ2v) is 5.59. The molecule has 0 fully saturated rings. The quantitative estimate of drug-likeness (QED) is 0.759. The maximum absolute atomic E-state index is 11.8. The van der Waals surface area contributed by atoms with Crippen molar-refractivity contribution >= 4 is 20.7 Å². The average molecular weight is 236 g/mol. The second-order valence-electron chi connectivity index (χ2n) is 3.56. The van der Waals surface area contributed by atoms with Crippen molar-refractivity contribution in [1.82, 2.24) is 9.78 Å². The summed E-state index contributed by atoms with van der Waals surface area (Å²) in [5.41, 5.74) is 0.914. The van der Waals surface area contributed by atoms with Gasteiger partial charge in [-0.15, -0.1) is 6.58 Å². The molecule has 0 aliphatic rings. The lowest BCUT2D eigenvalue weighted by molar-refractivity contribution is 0.599. The first kappa shape index (κ1) is 10.9. The Bertz CT molecular complexity index is 641. The van der Waals surface area contributed by atoms with E-state index in [1.54, 1.807) is 29.1 Å². The van der Waals surface area contributed by atoms with E-state index in [-0.39, 0.29) is 5.75 Å². The Morgan fingerprint density at radius 2 is 2.25 bits per heavy atom. The van der Waals surface area contributed by atoms with Crippen molar-refractivity contribution in [1.29, 1.82) is 0 Å². The molecule has 1 heterocycles. The van der Waals surface area contributed by atoms with E-state index in [2.05, 4.69) is 11.7 Å². The van der Waals surface area contributed by atoms with Crippen LogP contribution in [0.5, 0.6) is 0 Å². The van der Waals surface area contributed by atoms with Crippen molar-refractivity contribution in [3.05, 3.63) is 37.1 Å². The van der Waals surface area contributed by atoms with Gasteiger partial charge in [0.15, 0.2) is 9.84 Å². The summed E-state index contributed by atoms with van der Waals surface area (Å²) < 4.78 is 25.3.